The Morgan fingerprint density at radius 3 is 3.00 bits per heavy atom. The van der Waals surface area contributed by atoms with Gasteiger partial charge in [-0.1, -0.05) is 22.0 Å². The molecule has 0 spiro atoms. The highest BCUT2D eigenvalue weighted by Crippen LogP contribution is 2.21. The molecule has 0 fully saturated rings. The van der Waals surface area contributed by atoms with Crippen LogP contribution in [0.4, 0.5) is 0 Å². The van der Waals surface area contributed by atoms with Gasteiger partial charge in [0.25, 0.3) is 0 Å². The van der Waals surface area contributed by atoms with Gasteiger partial charge in [-0.15, -0.1) is 0 Å². The van der Waals surface area contributed by atoms with Gasteiger partial charge in [-0.25, -0.2) is 4.98 Å². The summed E-state index contributed by atoms with van der Waals surface area (Å²) in [6, 6.07) is 12.5. The molecule has 0 bridgehead atoms. The number of hydrogen-bond acceptors (Lipinski definition) is 2. The van der Waals surface area contributed by atoms with Crippen molar-refractivity contribution in [1.82, 2.24) is 9.55 Å². The molecule has 3 nitrogen and oxygen atoms in total. The first-order valence-corrected chi connectivity index (χ1v) is 6.43. The molecule has 0 atom stereocenters. The van der Waals surface area contributed by atoms with Crippen molar-refractivity contribution in [3.8, 4) is 5.69 Å². The van der Waals surface area contributed by atoms with Gasteiger partial charge in [0.2, 0.25) is 0 Å². The molecule has 0 unspecified atom stereocenters. The van der Waals surface area contributed by atoms with E-state index in [9.17, 15) is 4.79 Å². The molecule has 4 heteroatoms. The fraction of sp³-hybridized carbons (Fsp3) is 0.0667. The smallest absolute Gasteiger partial charge is 0.159 e. The maximum atomic E-state index is 11.8. The van der Waals surface area contributed by atoms with Crippen molar-refractivity contribution >= 4 is 32.7 Å². The van der Waals surface area contributed by atoms with Crippen molar-refractivity contribution in [3.05, 3.63) is 58.8 Å². The van der Waals surface area contributed by atoms with E-state index >= 15 is 0 Å². The number of Topliss-reactive ketones (excluding diaryl/α,β-unsaturated/α-hetero) is 1. The lowest BCUT2D eigenvalue weighted by atomic mass is 10.1. The zero-order valence-corrected chi connectivity index (χ0v) is 11.4. The first-order chi connectivity index (χ1) is 10.4. The van der Waals surface area contributed by atoms with E-state index in [-0.39, 0.29) is 5.56 Å². The van der Waals surface area contributed by atoms with Crippen molar-refractivity contribution < 1.29 is 8.91 Å². The second-order valence-corrected chi connectivity index (χ2v) is 5.04. The molecule has 0 radical (unpaired) electrons. The zero-order chi connectivity index (χ0) is 15.9. The van der Waals surface area contributed by atoms with Crippen LogP contribution in [0.5, 0.6) is 0 Å². The Kier molecular flexibility index (Phi) is 2.20. The highest BCUT2D eigenvalue weighted by Gasteiger charge is 2.07. The molecule has 3 aromatic rings. The number of ketones is 1. The molecule has 0 N–H and O–H groups in total. The Hall–Kier alpha value is -1.94. The number of hydrogen-bond donors (Lipinski definition) is 0. The van der Waals surface area contributed by atoms with Crippen LogP contribution in [0.2, 0.25) is 0 Å². The van der Waals surface area contributed by atoms with Crippen LogP contribution in [-0.4, -0.2) is 15.3 Å². The minimum absolute atomic E-state index is 0.145. The lowest BCUT2D eigenvalue weighted by molar-refractivity contribution is 0.101. The molecule has 3 rings (SSSR count). The monoisotopic (exact) mass is 317 g/mol. The molecule has 0 amide bonds. The first-order valence-electron chi connectivity index (χ1n) is 7.14. The summed E-state index contributed by atoms with van der Waals surface area (Å²) in [6.45, 7) is -2.64. The van der Waals surface area contributed by atoms with Gasteiger partial charge >= 0.3 is 0 Å². The molecule has 0 aliphatic rings. The largest absolute Gasteiger partial charge is 0.299 e. The number of halogens is 1. The van der Waals surface area contributed by atoms with E-state index in [4.69, 9.17) is 4.11 Å². The third-order valence-corrected chi connectivity index (χ3v) is 3.39. The average Bonchev–Trinajstić information content (AvgIpc) is 2.88. The molecule has 1 aromatic heterocycles. The fourth-order valence-corrected chi connectivity index (χ4v) is 2.37. The van der Waals surface area contributed by atoms with E-state index in [0.29, 0.717) is 5.52 Å². The van der Waals surface area contributed by atoms with Gasteiger partial charge in [-0.05, 0) is 43.3 Å². The van der Waals surface area contributed by atoms with Crippen LogP contribution < -0.4 is 0 Å². The second kappa shape index (κ2) is 4.63. The Morgan fingerprint density at radius 2 is 2.21 bits per heavy atom. The lowest BCUT2D eigenvalue weighted by Gasteiger charge is -2.05. The number of fused-ring (bicyclic) bond motifs is 1. The fourth-order valence-electron chi connectivity index (χ4n) is 1.99. The summed E-state index contributed by atoms with van der Waals surface area (Å²) in [7, 11) is 0. The number of carbonyl (C=O) groups is 1. The number of rotatable bonds is 2. The number of benzene rings is 2. The summed E-state index contributed by atoms with van der Waals surface area (Å²) in [4.78, 5) is 16.1. The minimum Gasteiger partial charge on any atom is -0.299 e. The van der Waals surface area contributed by atoms with Crippen LogP contribution in [0.15, 0.2) is 53.3 Å². The first kappa shape index (κ1) is 9.04. The highest BCUT2D eigenvalue weighted by atomic mass is 79.9. The molecular weight excluding hydrogens is 304 g/mol. The van der Waals surface area contributed by atoms with E-state index in [1.54, 1.807) is 12.4 Å². The van der Waals surface area contributed by atoms with Crippen LogP contribution in [0, 0.1) is 0 Å². The van der Waals surface area contributed by atoms with Crippen LogP contribution >= 0.6 is 15.9 Å². The Balaban J connectivity index is 2.09. The summed E-state index contributed by atoms with van der Waals surface area (Å²) >= 11 is 3.42. The topological polar surface area (TPSA) is 34.9 Å². The van der Waals surface area contributed by atoms with Crippen LogP contribution in [0.3, 0.4) is 0 Å². The third kappa shape index (κ3) is 2.19. The zero-order valence-electron chi connectivity index (χ0n) is 12.8. The predicted molar refractivity (Wildman–Crippen MR) is 78.8 cm³/mol. The number of imidazole rings is 1. The summed E-state index contributed by atoms with van der Waals surface area (Å²) in [5.41, 5.74) is 2.45. The van der Waals surface area contributed by atoms with Crippen molar-refractivity contribution in [1.29, 1.82) is 0 Å². The van der Waals surface area contributed by atoms with E-state index < -0.39 is 12.6 Å². The predicted octanol–water partition coefficient (Wildman–Crippen LogP) is 3.99. The highest BCUT2D eigenvalue weighted by molar-refractivity contribution is 9.10. The summed E-state index contributed by atoms with van der Waals surface area (Å²) < 4.78 is 24.4. The maximum absolute atomic E-state index is 11.8. The molecule has 0 aliphatic heterocycles. The van der Waals surface area contributed by atoms with Crippen LogP contribution in [0.1, 0.15) is 21.3 Å². The van der Waals surface area contributed by atoms with Crippen molar-refractivity contribution in [2.24, 2.45) is 0 Å². The molecule has 0 aliphatic carbocycles. The number of carbonyl (C=O) groups excluding carboxylic acids is 1. The Morgan fingerprint density at radius 1 is 1.32 bits per heavy atom. The molecule has 0 saturated carbocycles. The van der Waals surface area contributed by atoms with Gasteiger partial charge in [-0.2, -0.15) is 0 Å². The van der Waals surface area contributed by atoms with Crippen LogP contribution in [-0.2, 0) is 0 Å². The summed E-state index contributed by atoms with van der Waals surface area (Å²) in [6.07, 6.45) is 1.65. The minimum atomic E-state index is -2.64. The molecule has 1 heterocycles. The van der Waals surface area contributed by atoms with Crippen molar-refractivity contribution in [2.75, 3.05) is 0 Å². The maximum Gasteiger partial charge on any atom is 0.159 e. The van der Waals surface area contributed by atoms with Gasteiger partial charge in [0.05, 0.1) is 11.0 Å². The molecule has 19 heavy (non-hydrogen) atoms. The van der Waals surface area contributed by atoms with E-state index in [0.717, 1.165) is 15.7 Å². The van der Waals surface area contributed by atoms with Gasteiger partial charge in [0.15, 0.2) is 5.78 Å². The average molecular weight is 318 g/mol. The summed E-state index contributed by atoms with van der Waals surface area (Å²) in [5, 5.41) is 0. The summed E-state index contributed by atoms with van der Waals surface area (Å²) in [5.74, 6) is -0.869. The molecule has 2 aromatic carbocycles. The SMILES string of the molecule is [2H]C([2H])([2H])C(=O)c1ccc2c(c1)ncn2-c1cccc(Br)c1. The van der Waals surface area contributed by atoms with E-state index in [1.165, 1.54) is 12.1 Å². The third-order valence-electron chi connectivity index (χ3n) is 2.90. The lowest BCUT2D eigenvalue weighted by Crippen LogP contribution is -1.93. The number of aromatic nitrogens is 2. The van der Waals surface area contributed by atoms with Gasteiger partial charge in [-0.3, -0.25) is 9.36 Å². The van der Waals surface area contributed by atoms with Gasteiger partial charge in [0, 0.05) is 19.8 Å². The quantitative estimate of drug-likeness (QED) is 0.670. The second-order valence-electron chi connectivity index (χ2n) is 4.13. The van der Waals surface area contributed by atoms with Gasteiger partial charge in [0.1, 0.15) is 6.33 Å². The normalized spacial score (nSPS) is 13.8. The van der Waals surface area contributed by atoms with E-state index in [1.807, 2.05) is 28.8 Å². The molecular formula is C15H11BrN2O. The Bertz CT molecular complexity index is 871. The van der Waals surface area contributed by atoms with Crippen molar-refractivity contribution in [3.63, 3.8) is 0 Å². The molecule has 94 valence electrons. The molecule has 0 saturated heterocycles. The van der Waals surface area contributed by atoms with Crippen molar-refractivity contribution in [2.45, 2.75) is 6.85 Å². The standard InChI is InChI=1S/C15H11BrN2O/c1-10(19)11-5-6-15-14(7-11)17-9-18(15)13-4-2-3-12(16)8-13/h2-9H,1H3/i1D3. The Labute approximate surface area is 123 Å². The van der Waals surface area contributed by atoms with Crippen LogP contribution in [0.25, 0.3) is 16.7 Å². The number of nitrogens with zero attached hydrogens (tertiary/aromatic N) is 2. The van der Waals surface area contributed by atoms with E-state index in [2.05, 4.69) is 20.9 Å². The van der Waals surface area contributed by atoms with Gasteiger partial charge < -0.3 is 0 Å².